The largest absolute Gasteiger partial charge is 0.342 e. The Hall–Kier alpha value is -2.79. The Kier molecular flexibility index (Phi) is 5.01. The van der Waals surface area contributed by atoms with Gasteiger partial charge in [-0.05, 0) is 36.6 Å². The van der Waals surface area contributed by atoms with Crippen molar-refractivity contribution in [3.8, 4) is 0 Å². The third-order valence-electron chi connectivity index (χ3n) is 6.30. The molecule has 2 aliphatic rings. The van der Waals surface area contributed by atoms with E-state index in [0.29, 0.717) is 42.9 Å². The number of aromatic amines is 1. The Bertz CT molecular complexity index is 1270. The molecule has 1 saturated carbocycles. The fraction of sp³-hybridized carbons (Fsp3) is 0.348. The Labute approximate surface area is 178 Å². The maximum absolute atomic E-state index is 14.7. The Morgan fingerprint density at radius 3 is 2.55 bits per heavy atom. The molecule has 1 aromatic heterocycles. The average Bonchev–Trinajstić information content (AvgIpc) is 3.63. The van der Waals surface area contributed by atoms with Crippen LogP contribution >= 0.6 is 7.14 Å². The number of nitrogens with one attached hydrogen (secondary N) is 1. The summed E-state index contributed by atoms with van der Waals surface area (Å²) in [6, 6.07) is 11.9. The van der Waals surface area contributed by atoms with Crippen molar-refractivity contribution >= 4 is 29.1 Å². The monoisotopic (exact) mass is 439 g/mol. The van der Waals surface area contributed by atoms with Crippen molar-refractivity contribution in [2.75, 3.05) is 25.4 Å². The van der Waals surface area contributed by atoms with Crippen molar-refractivity contribution in [2.24, 2.45) is 5.92 Å². The number of fused-ring (bicyclic) bond motifs is 1. The minimum atomic E-state index is -2.93. The lowest BCUT2D eigenvalue weighted by Crippen LogP contribution is -2.42. The average molecular weight is 439 g/mol. The molecule has 5 rings (SSSR count). The number of hydrogen-bond donors (Lipinski definition) is 1. The van der Waals surface area contributed by atoms with E-state index in [1.807, 2.05) is 12.1 Å². The van der Waals surface area contributed by atoms with Gasteiger partial charge in [0.1, 0.15) is 13.0 Å². The van der Waals surface area contributed by atoms with Crippen molar-refractivity contribution in [1.29, 1.82) is 0 Å². The molecule has 31 heavy (non-hydrogen) atoms. The van der Waals surface area contributed by atoms with Gasteiger partial charge >= 0.3 is 0 Å². The second-order valence-corrected chi connectivity index (χ2v) is 11.6. The summed E-state index contributed by atoms with van der Waals surface area (Å²) in [7, 11) is -2.93. The highest BCUT2D eigenvalue weighted by Gasteiger charge is 2.39. The van der Waals surface area contributed by atoms with Crippen molar-refractivity contribution in [3.05, 3.63) is 69.9 Å². The van der Waals surface area contributed by atoms with Gasteiger partial charge in [0.05, 0.1) is 11.1 Å². The lowest BCUT2D eigenvalue weighted by molar-refractivity contribution is -0.132. The van der Waals surface area contributed by atoms with Gasteiger partial charge in [-0.25, -0.2) is 9.49 Å². The van der Waals surface area contributed by atoms with Crippen LogP contribution in [0.2, 0.25) is 0 Å². The van der Waals surface area contributed by atoms with E-state index in [9.17, 15) is 18.5 Å². The molecule has 1 saturated heterocycles. The third kappa shape index (κ3) is 3.83. The van der Waals surface area contributed by atoms with Gasteiger partial charge in [0.2, 0.25) is 5.91 Å². The number of nitrogens with zero attached hydrogens (tertiary/aromatic N) is 2. The van der Waals surface area contributed by atoms with E-state index in [4.69, 9.17) is 0 Å². The first-order chi connectivity index (χ1) is 14.9. The summed E-state index contributed by atoms with van der Waals surface area (Å²) < 4.78 is 28.4. The van der Waals surface area contributed by atoms with Gasteiger partial charge < -0.3 is 9.46 Å². The lowest BCUT2D eigenvalue weighted by Gasteiger charge is -2.33. The van der Waals surface area contributed by atoms with Crippen LogP contribution in [-0.4, -0.2) is 46.4 Å². The van der Waals surface area contributed by atoms with Crippen LogP contribution in [0.1, 0.15) is 24.1 Å². The van der Waals surface area contributed by atoms with E-state index in [2.05, 4.69) is 10.2 Å². The number of H-pyrrole nitrogens is 1. The number of hydrogen-bond acceptors (Lipinski definition) is 4. The normalized spacial score (nSPS) is 18.3. The summed E-state index contributed by atoms with van der Waals surface area (Å²) in [6.45, 7) is 0.838. The minimum Gasteiger partial charge on any atom is -0.342 e. The molecule has 0 bridgehead atoms. The number of halogens is 1. The molecule has 3 aromatic rings. The molecule has 0 radical (unpaired) electrons. The number of carbonyl (C=O) groups excluding carboxylic acids is 1. The Morgan fingerprint density at radius 2 is 1.84 bits per heavy atom. The first kappa shape index (κ1) is 20.1. The van der Waals surface area contributed by atoms with Crippen LogP contribution in [0.15, 0.2) is 47.3 Å². The molecule has 2 fully saturated rings. The highest BCUT2D eigenvalue weighted by atomic mass is 31.2. The molecule has 2 heterocycles. The van der Waals surface area contributed by atoms with E-state index >= 15 is 0 Å². The standard InChI is InChI=1S/C23H23FN3O3P/c24-19-8-5-15(13-20-17-3-1-2-4-18(17)22(28)26-25-20)14-21(19)31(30)11-9-27(10-12-31)23(29)16-6-7-16/h1-5,8,14,16H,6-7,9-13H2,(H,26,28). The van der Waals surface area contributed by atoms with Gasteiger partial charge in [0.25, 0.3) is 5.56 Å². The summed E-state index contributed by atoms with van der Waals surface area (Å²) in [4.78, 5) is 26.1. The summed E-state index contributed by atoms with van der Waals surface area (Å²) in [6.07, 6.45) is 2.89. The molecular weight excluding hydrogens is 416 g/mol. The summed E-state index contributed by atoms with van der Waals surface area (Å²) in [5.74, 6) is -0.179. The van der Waals surface area contributed by atoms with Crippen LogP contribution < -0.4 is 10.9 Å². The molecule has 1 N–H and O–H groups in total. The highest BCUT2D eigenvalue weighted by Crippen LogP contribution is 2.47. The number of amides is 1. The zero-order valence-electron chi connectivity index (χ0n) is 17.0. The molecule has 6 nitrogen and oxygen atoms in total. The van der Waals surface area contributed by atoms with E-state index in [-0.39, 0.29) is 22.7 Å². The minimum absolute atomic E-state index is 0.136. The first-order valence-electron chi connectivity index (χ1n) is 10.6. The first-order valence-corrected chi connectivity index (χ1v) is 12.6. The second-order valence-electron chi connectivity index (χ2n) is 8.44. The van der Waals surface area contributed by atoms with Gasteiger partial charge in [0, 0.05) is 48.4 Å². The quantitative estimate of drug-likeness (QED) is 0.634. The van der Waals surface area contributed by atoms with Crippen molar-refractivity contribution in [2.45, 2.75) is 19.3 Å². The van der Waals surface area contributed by atoms with E-state index < -0.39 is 13.0 Å². The Morgan fingerprint density at radius 1 is 1.13 bits per heavy atom. The molecule has 1 aliphatic carbocycles. The van der Waals surface area contributed by atoms with Gasteiger partial charge in [-0.15, -0.1) is 0 Å². The zero-order valence-corrected chi connectivity index (χ0v) is 17.9. The fourth-order valence-corrected chi connectivity index (χ4v) is 7.02. The van der Waals surface area contributed by atoms with Crippen LogP contribution in [0.25, 0.3) is 10.8 Å². The van der Waals surface area contributed by atoms with E-state index in [1.54, 1.807) is 29.2 Å². The second kappa shape index (κ2) is 7.72. The van der Waals surface area contributed by atoms with Crippen molar-refractivity contribution in [1.82, 2.24) is 15.1 Å². The van der Waals surface area contributed by atoms with Gasteiger partial charge in [0.15, 0.2) is 0 Å². The van der Waals surface area contributed by atoms with Gasteiger partial charge in [-0.3, -0.25) is 9.59 Å². The zero-order chi connectivity index (χ0) is 21.6. The predicted octanol–water partition coefficient (Wildman–Crippen LogP) is 2.89. The van der Waals surface area contributed by atoms with Crippen LogP contribution in [-0.2, 0) is 15.8 Å². The van der Waals surface area contributed by atoms with E-state index in [1.165, 1.54) is 6.07 Å². The van der Waals surface area contributed by atoms with Gasteiger partial charge in [-0.1, -0.05) is 24.3 Å². The molecule has 1 amide bonds. The summed E-state index contributed by atoms with van der Waals surface area (Å²) in [5.41, 5.74) is 1.21. The molecule has 160 valence electrons. The third-order valence-corrected chi connectivity index (χ3v) is 9.36. The van der Waals surface area contributed by atoms with Crippen LogP contribution in [0.4, 0.5) is 4.39 Å². The van der Waals surface area contributed by atoms with Crippen molar-refractivity contribution < 1.29 is 13.8 Å². The number of benzene rings is 2. The molecule has 2 aromatic carbocycles. The summed E-state index contributed by atoms with van der Waals surface area (Å²) >= 11 is 0. The smallest absolute Gasteiger partial charge is 0.272 e. The SMILES string of the molecule is O=C(C1CC1)N1CCP(=O)(c2cc(Cc3n[nH]c(=O)c4ccccc34)ccc2F)CC1. The fourth-order valence-electron chi connectivity index (χ4n) is 4.32. The predicted molar refractivity (Wildman–Crippen MR) is 118 cm³/mol. The molecule has 1 aliphatic heterocycles. The topological polar surface area (TPSA) is 83.1 Å². The van der Waals surface area contributed by atoms with Crippen LogP contribution in [0.5, 0.6) is 0 Å². The molecule has 8 heteroatoms. The maximum Gasteiger partial charge on any atom is 0.272 e. The molecule has 0 spiro atoms. The van der Waals surface area contributed by atoms with Crippen LogP contribution in [0, 0.1) is 11.7 Å². The van der Waals surface area contributed by atoms with Gasteiger partial charge in [-0.2, -0.15) is 5.10 Å². The summed E-state index contributed by atoms with van der Waals surface area (Å²) in [5, 5.41) is 8.27. The highest BCUT2D eigenvalue weighted by molar-refractivity contribution is 7.71. The number of carbonyl (C=O) groups is 1. The molecular formula is C23H23FN3O3P. The maximum atomic E-state index is 14.7. The number of aromatic nitrogens is 2. The van der Waals surface area contributed by atoms with Crippen molar-refractivity contribution in [3.63, 3.8) is 0 Å². The Balaban J connectivity index is 1.41. The van der Waals surface area contributed by atoms with E-state index in [0.717, 1.165) is 23.8 Å². The molecule has 0 unspecified atom stereocenters. The van der Waals surface area contributed by atoms with Crippen LogP contribution in [0.3, 0.4) is 0 Å². The molecule has 0 atom stereocenters. The lowest BCUT2D eigenvalue weighted by atomic mass is 10.0. The number of rotatable bonds is 4.